The maximum absolute atomic E-state index is 14.0. The highest BCUT2D eigenvalue weighted by Gasteiger charge is 2.45. The van der Waals surface area contributed by atoms with Gasteiger partial charge in [-0.05, 0) is 88.6 Å². The smallest absolute Gasteiger partial charge is 0.407 e. The predicted octanol–water partition coefficient (Wildman–Crippen LogP) is 5.86. The van der Waals surface area contributed by atoms with E-state index in [9.17, 15) is 28.7 Å². The number of alkyl carbamates (subject to hydrolysis) is 1. The lowest BCUT2D eigenvalue weighted by atomic mass is 9.78. The number of aromatic nitrogens is 1. The molecule has 0 unspecified atom stereocenters. The molecule has 2 aliphatic rings. The molecule has 0 radical (unpaired) electrons. The predicted molar refractivity (Wildman–Crippen MR) is 168 cm³/mol. The number of fused-ring (bicyclic) bond motifs is 1. The van der Waals surface area contributed by atoms with Gasteiger partial charge in [0.25, 0.3) is 0 Å². The third-order valence-corrected chi connectivity index (χ3v) is 8.85. The van der Waals surface area contributed by atoms with Crippen molar-refractivity contribution in [2.75, 3.05) is 18.5 Å². The summed E-state index contributed by atoms with van der Waals surface area (Å²) in [4.78, 5) is 56.1. The number of alkyl halides is 1. The number of rotatable bonds is 8. The van der Waals surface area contributed by atoms with Gasteiger partial charge in [0.15, 0.2) is 0 Å². The lowest BCUT2D eigenvalue weighted by Gasteiger charge is -2.36. The number of amides is 3. The van der Waals surface area contributed by atoms with Crippen LogP contribution in [0.1, 0.15) is 74.8 Å². The Bertz CT molecular complexity index is 1540. The number of likely N-dealkylation sites (tertiary alicyclic amines) is 1. The summed E-state index contributed by atoms with van der Waals surface area (Å²) in [6.45, 7) is 4.96. The number of benzene rings is 2. The molecule has 11 heteroatoms. The summed E-state index contributed by atoms with van der Waals surface area (Å²) in [6.07, 6.45) is 2.19. The van der Waals surface area contributed by atoms with Crippen LogP contribution in [0.15, 0.2) is 54.6 Å². The van der Waals surface area contributed by atoms with E-state index in [0.29, 0.717) is 55.2 Å². The zero-order chi connectivity index (χ0) is 32.3. The Hall–Kier alpha value is -4.41. The lowest BCUT2D eigenvalue weighted by molar-refractivity contribution is -0.141. The van der Waals surface area contributed by atoms with Gasteiger partial charge in [-0.15, -0.1) is 0 Å². The molecule has 1 aliphatic carbocycles. The van der Waals surface area contributed by atoms with E-state index in [1.54, 1.807) is 43.9 Å². The van der Waals surface area contributed by atoms with Gasteiger partial charge >= 0.3 is 12.1 Å². The third kappa shape index (κ3) is 7.46. The van der Waals surface area contributed by atoms with E-state index in [1.165, 1.54) is 6.07 Å². The molecule has 4 N–H and O–H groups in total. The van der Waals surface area contributed by atoms with Gasteiger partial charge in [0.05, 0.1) is 6.04 Å². The Kier molecular flexibility index (Phi) is 9.45. The van der Waals surface area contributed by atoms with Crippen molar-refractivity contribution in [3.8, 4) is 0 Å². The van der Waals surface area contributed by atoms with Crippen LogP contribution >= 0.6 is 0 Å². The van der Waals surface area contributed by atoms with E-state index >= 15 is 0 Å². The van der Waals surface area contributed by atoms with Crippen LogP contribution in [-0.2, 0) is 14.3 Å². The summed E-state index contributed by atoms with van der Waals surface area (Å²) < 4.78 is 19.3. The maximum Gasteiger partial charge on any atom is 0.407 e. The Morgan fingerprint density at radius 2 is 1.73 bits per heavy atom. The van der Waals surface area contributed by atoms with E-state index in [-0.39, 0.29) is 35.3 Å². The molecular weight excluding hydrogens is 579 g/mol. The number of aromatic carboxylic acids is 1. The average molecular weight is 621 g/mol. The number of hydrogen-bond donors (Lipinski definition) is 4. The summed E-state index contributed by atoms with van der Waals surface area (Å²) in [7, 11) is 0. The van der Waals surface area contributed by atoms with Crippen LogP contribution in [0.25, 0.3) is 10.9 Å². The Morgan fingerprint density at radius 3 is 2.38 bits per heavy atom. The number of nitrogens with one attached hydrogen (secondary N) is 3. The van der Waals surface area contributed by atoms with Crippen molar-refractivity contribution < 1.29 is 33.4 Å². The number of H-pyrrole nitrogens is 1. The van der Waals surface area contributed by atoms with Crippen LogP contribution in [0.3, 0.4) is 0 Å². The van der Waals surface area contributed by atoms with Crippen LogP contribution in [-0.4, -0.2) is 69.8 Å². The quantitative estimate of drug-likeness (QED) is 0.249. The number of carbonyl (C=O) groups is 4. The number of ether oxygens (including phenoxy) is 1. The molecule has 1 aliphatic heterocycles. The highest BCUT2D eigenvalue weighted by molar-refractivity contribution is 6.01. The summed E-state index contributed by atoms with van der Waals surface area (Å²) in [6, 6.07) is 14.9. The van der Waals surface area contributed by atoms with Crippen LogP contribution in [0.4, 0.5) is 14.9 Å². The van der Waals surface area contributed by atoms with E-state index in [2.05, 4.69) is 15.6 Å². The number of aromatic amines is 1. The highest BCUT2D eigenvalue weighted by atomic mass is 19.1. The summed E-state index contributed by atoms with van der Waals surface area (Å²) >= 11 is 0. The number of carbonyl (C=O) groups excluding carboxylic acids is 3. The molecule has 10 nitrogen and oxygen atoms in total. The lowest BCUT2D eigenvalue weighted by Crippen LogP contribution is -2.49. The first-order valence-electron chi connectivity index (χ1n) is 15.5. The van der Waals surface area contributed by atoms with Gasteiger partial charge in [-0.3, -0.25) is 9.59 Å². The molecule has 5 rings (SSSR count). The van der Waals surface area contributed by atoms with E-state index < -0.39 is 36.4 Å². The minimum atomic E-state index is -1.07. The summed E-state index contributed by atoms with van der Waals surface area (Å²) in [5.41, 5.74) is 1.48. The van der Waals surface area contributed by atoms with Crippen molar-refractivity contribution in [3.05, 3.63) is 65.9 Å². The van der Waals surface area contributed by atoms with Gasteiger partial charge in [-0.1, -0.05) is 30.3 Å². The minimum Gasteiger partial charge on any atom is -0.477 e. The molecule has 1 saturated carbocycles. The highest BCUT2D eigenvalue weighted by Crippen LogP contribution is 2.39. The first kappa shape index (κ1) is 32.0. The third-order valence-electron chi connectivity index (χ3n) is 8.85. The molecule has 240 valence electrons. The Labute approximate surface area is 261 Å². The molecule has 3 atom stereocenters. The van der Waals surface area contributed by atoms with Crippen LogP contribution in [0.2, 0.25) is 0 Å². The van der Waals surface area contributed by atoms with Gasteiger partial charge in [0.1, 0.15) is 24.0 Å². The monoisotopic (exact) mass is 620 g/mol. The maximum atomic E-state index is 14.0. The zero-order valence-electron chi connectivity index (χ0n) is 25.8. The van der Waals surface area contributed by atoms with Crippen LogP contribution in [0.5, 0.6) is 0 Å². The summed E-state index contributed by atoms with van der Waals surface area (Å²) in [5.74, 6) is -2.09. The second kappa shape index (κ2) is 13.3. The van der Waals surface area contributed by atoms with Crippen molar-refractivity contribution >= 4 is 40.5 Å². The molecule has 45 heavy (non-hydrogen) atoms. The van der Waals surface area contributed by atoms with Gasteiger partial charge in [0.2, 0.25) is 11.8 Å². The molecule has 3 aromatic rings. The summed E-state index contributed by atoms with van der Waals surface area (Å²) in [5, 5.41) is 15.6. The Morgan fingerprint density at radius 1 is 1.02 bits per heavy atom. The second-order valence-electron chi connectivity index (χ2n) is 13.1. The first-order chi connectivity index (χ1) is 21.4. The van der Waals surface area contributed by atoms with Crippen molar-refractivity contribution in [3.63, 3.8) is 0 Å². The normalized spacial score (nSPS) is 22.5. The minimum absolute atomic E-state index is 0.0540. The SMILES string of the molecule is CC(C)(C)OC(=O)N[C@H](CF)C1CCC(C(=O)N2CC[C@H](c3ccccc3)[C@H]2C(=O)Nc2ccc3[nH]c(C(=O)O)cc3c2)CC1. The molecule has 2 fully saturated rings. The number of carboxylic acids is 1. The zero-order valence-corrected chi connectivity index (χ0v) is 25.8. The van der Waals surface area contributed by atoms with E-state index in [1.807, 2.05) is 30.3 Å². The van der Waals surface area contributed by atoms with Crippen molar-refractivity contribution in [2.45, 2.75) is 76.5 Å². The number of hydrogen-bond acceptors (Lipinski definition) is 5. The molecular formula is C34H41FN4O6. The average Bonchev–Trinajstić information content (AvgIpc) is 3.64. The van der Waals surface area contributed by atoms with E-state index in [4.69, 9.17) is 4.74 Å². The molecule has 3 amide bonds. The number of halogens is 1. The second-order valence-corrected chi connectivity index (χ2v) is 13.1. The number of carboxylic acid groups (broad SMARTS) is 1. The molecule has 1 saturated heterocycles. The van der Waals surface area contributed by atoms with Gasteiger partial charge in [-0.2, -0.15) is 0 Å². The molecule has 0 bridgehead atoms. The van der Waals surface area contributed by atoms with Crippen LogP contribution < -0.4 is 10.6 Å². The number of nitrogens with zero attached hydrogens (tertiary/aromatic N) is 1. The van der Waals surface area contributed by atoms with E-state index in [0.717, 1.165) is 5.56 Å². The molecule has 1 aromatic heterocycles. The first-order valence-corrected chi connectivity index (χ1v) is 15.5. The van der Waals surface area contributed by atoms with Crippen LogP contribution in [0, 0.1) is 11.8 Å². The number of anilines is 1. The Balaban J connectivity index is 1.29. The van der Waals surface area contributed by atoms with Crippen molar-refractivity contribution in [2.24, 2.45) is 11.8 Å². The fraction of sp³-hybridized carbons (Fsp3) is 0.471. The topological polar surface area (TPSA) is 141 Å². The van der Waals surface area contributed by atoms with Crippen molar-refractivity contribution in [1.82, 2.24) is 15.2 Å². The van der Waals surface area contributed by atoms with Crippen molar-refractivity contribution in [1.29, 1.82) is 0 Å². The fourth-order valence-corrected chi connectivity index (χ4v) is 6.70. The van der Waals surface area contributed by atoms with Gasteiger partial charge in [0, 0.05) is 35.0 Å². The molecule has 2 aromatic carbocycles. The molecule has 0 spiro atoms. The fourth-order valence-electron chi connectivity index (χ4n) is 6.70. The molecule has 2 heterocycles. The standard InChI is InChI=1S/C34H41FN4O6/c1-34(2,3)45-33(44)38-28(19-35)21-9-11-22(12-10-21)31(41)39-16-15-25(20-7-5-4-6-8-20)29(39)30(40)36-24-13-14-26-23(17-24)18-27(37-26)32(42)43/h4-8,13-14,17-18,21-22,25,28-29,37H,9-12,15-16,19H2,1-3H3,(H,36,40)(H,38,44)(H,42,43)/t21?,22?,25-,28-,29+/m1/s1. The van der Waals surface area contributed by atoms with Gasteiger partial charge < -0.3 is 30.4 Å². The van der Waals surface area contributed by atoms with Gasteiger partial charge in [-0.25, -0.2) is 14.0 Å². The largest absolute Gasteiger partial charge is 0.477 e.